The predicted octanol–water partition coefficient (Wildman–Crippen LogP) is 0.303. The summed E-state index contributed by atoms with van der Waals surface area (Å²) in [6.45, 7) is 0.147. The number of aromatic nitrogens is 1. The van der Waals surface area contributed by atoms with Crippen molar-refractivity contribution >= 4 is 17.5 Å². The quantitative estimate of drug-likeness (QED) is 0.679. The van der Waals surface area contributed by atoms with E-state index in [0.29, 0.717) is 16.9 Å². The minimum absolute atomic E-state index is 0.110. The Morgan fingerprint density at radius 3 is 2.55 bits per heavy atom. The molecule has 0 spiro atoms. The maximum atomic E-state index is 11.7. The van der Waals surface area contributed by atoms with Crippen LogP contribution in [0.3, 0.4) is 0 Å². The molecule has 7 heteroatoms. The lowest BCUT2D eigenvalue weighted by Crippen LogP contribution is -2.36. The van der Waals surface area contributed by atoms with Gasteiger partial charge in [0, 0.05) is 17.3 Å². The first-order valence-corrected chi connectivity index (χ1v) is 5.95. The summed E-state index contributed by atoms with van der Waals surface area (Å²) in [6.07, 6.45) is 1.42. The van der Waals surface area contributed by atoms with Crippen LogP contribution in [-0.2, 0) is 11.3 Å². The van der Waals surface area contributed by atoms with Crippen LogP contribution < -0.4 is 16.4 Å². The third-order valence-electron chi connectivity index (χ3n) is 2.54. The first kappa shape index (κ1) is 13.6. The fraction of sp³-hybridized carbons (Fsp3) is 0.154. The Morgan fingerprint density at radius 2 is 1.90 bits per heavy atom. The zero-order chi connectivity index (χ0) is 14.4. The van der Waals surface area contributed by atoms with E-state index < -0.39 is 0 Å². The fourth-order valence-electron chi connectivity index (χ4n) is 1.48. The molecule has 1 heterocycles. The van der Waals surface area contributed by atoms with Crippen molar-refractivity contribution in [2.24, 2.45) is 0 Å². The smallest absolute Gasteiger partial charge is 0.251 e. The number of carbonyl (C=O) groups is 2. The van der Waals surface area contributed by atoms with Crippen molar-refractivity contribution in [2.45, 2.75) is 6.54 Å². The van der Waals surface area contributed by atoms with Crippen molar-refractivity contribution in [3.05, 3.63) is 47.9 Å². The highest BCUT2D eigenvalue weighted by molar-refractivity contribution is 5.96. The van der Waals surface area contributed by atoms with Crippen LogP contribution in [0.2, 0.25) is 0 Å². The molecular weight excluding hydrogens is 260 g/mol. The molecule has 1 aromatic carbocycles. The summed E-state index contributed by atoms with van der Waals surface area (Å²) < 4.78 is 4.63. The molecule has 7 nitrogen and oxygen atoms in total. The zero-order valence-electron chi connectivity index (χ0n) is 10.6. The van der Waals surface area contributed by atoms with Gasteiger partial charge in [0.15, 0.2) is 0 Å². The second-order valence-electron chi connectivity index (χ2n) is 4.07. The van der Waals surface area contributed by atoms with Gasteiger partial charge in [0.1, 0.15) is 12.0 Å². The lowest BCUT2D eigenvalue weighted by Gasteiger charge is -2.06. The molecule has 0 bridgehead atoms. The van der Waals surface area contributed by atoms with Gasteiger partial charge in [0.2, 0.25) is 5.91 Å². The first-order chi connectivity index (χ1) is 9.65. The Balaban J connectivity index is 1.75. The lowest BCUT2D eigenvalue weighted by molar-refractivity contribution is -0.120. The predicted molar refractivity (Wildman–Crippen MR) is 71.5 cm³/mol. The van der Waals surface area contributed by atoms with Gasteiger partial charge in [0.25, 0.3) is 5.91 Å². The maximum Gasteiger partial charge on any atom is 0.251 e. The highest BCUT2D eigenvalue weighted by Gasteiger charge is 2.08. The average molecular weight is 274 g/mol. The highest BCUT2D eigenvalue weighted by atomic mass is 16.5. The van der Waals surface area contributed by atoms with Crippen molar-refractivity contribution in [1.82, 2.24) is 15.8 Å². The molecule has 0 atom stereocenters. The van der Waals surface area contributed by atoms with Crippen molar-refractivity contribution in [3.63, 3.8) is 0 Å². The Bertz CT molecular complexity index is 578. The molecule has 20 heavy (non-hydrogen) atoms. The van der Waals surface area contributed by atoms with Crippen molar-refractivity contribution in [2.75, 3.05) is 12.3 Å². The summed E-state index contributed by atoms with van der Waals surface area (Å²) in [6, 6.07) is 8.09. The largest absolute Gasteiger partial charge is 0.399 e. The van der Waals surface area contributed by atoms with E-state index in [1.54, 1.807) is 30.3 Å². The number of carbonyl (C=O) groups excluding carboxylic acids is 2. The number of nitrogens with zero attached hydrogens (tertiary/aromatic N) is 1. The summed E-state index contributed by atoms with van der Waals surface area (Å²) in [4.78, 5) is 23.3. The Labute approximate surface area is 115 Å². The maximum absolute atomic E-state index is 11.7. The van der Waals surface area contributed by atoms with E-state index in [2.05, 4.69) is 20.3 Å². The van der Waals surface area contributed by atoms with E-state index in [0.717, 1.165) is 0 Å². The summed E-state index contributed by atoms with van der Waals surface area (Å²) in [5.41, 5.74) is 7.16. The monoisotopic (exact) mass is 274 g/mol. The van der Waals surface area contributed by atoms with Crippen LogP contribution >= 0.6 is 0 Å². The van der Waals surface area contributed by atoms with E-state index in [4.69, 9.17) is 5.73 Å². The number of nitrogens with two attached hydrogens (primary N) is 1. The van der Waals surface area contributed by atoms with Gasteiger partial charge in [-0.05, 0) is 24.3 Å². The van der Waals surface area contributed by atoms with Crippen LogP contribution in [0.4, 0.5) is 5.69 Å². The minimum Gasteiger partial charge on any atom is -0.399 e. The van der Waals surface area contributed by atoms with E-state index in [1.807, 2.05) is 0 Å². The van der Waals surface area contributed by atoms with Crippen LogP contribution in [0.15, 0.2) is 41.1 Å². The summed E-state index contributed by atoms with van der Waals surface area (Å²) in [5, 5.41) is 8.77. The molecule has 0 aliphatic carbocycles. The highest BCUT2D eigenvalue weighted by Crippen LogP contribution is 2.04. The van der Waals surface area contributed by atoms with Gasteiger partial charge < -0.3 is 20.9 Å². The molecule has 2 rings (SSSR count). The number of rotatable bonds is 5. The van der Waals surface area contributed by atoms with Gasteiger partial charge in [-0.25, -0.2) is 0 Å². The molecular formula is C13H14N4O3. The number of nitrogen functional groups attached to an aromatic ring is 1. The lowest BCUT2D eigenvalue weighted by atomic mass is 10.2. The van der Waals surface area contributed by atoms with Crippen LogP contribution in [-0.4, -0.2) is 23.5 Å². The SMILES string of the molecule is Nc1ccc(C(=O)NCC(=O)NCc2ccon2)cc1. The number of anilines is 1. The van der Waals surface area contributed by atoms with Gasteiger partial charge in [-0.1, -0.05) is 5.16 Å². The molecule has 0 aliphatic rings. The third-order valence-corrected chi connectivity index (χ3v) is 2.54. The Hall–Kier alpha value is -2.83. The van der Waals surface area contributed by atoms with Gasteiger partial charge in [-0.15, -0.1) is 0 Å². The molecule has 2 amide bonds. The molecule has 2 aromatic rings. The molecule has 104 valence electrons. The second kappa shape index (κ2) is 6.37. The van der Waals surface area contributed by atoms with Gasteiger partial charge in [-0.3, -0.25) is 9.59 Å². The molecule has 0 unspecified atom stereocenters. The molecule has 4 N–H and O–H groups in total. The topological polar surface area (TPSA) is 110 Å². The van der Waals surface area contributed by atoms with Crippen molar-refractivity contribution in [1.29, 1.82) is 0 Å². The molecule has 0 aliphatic heterocycles. The van der Waals surface area contributed by atoms with E-state index >= 15 is 0 Å². The van der Waals surface area contributed by atoms with Crippen LogP contribution in [0.25, 0.3) is 0 Å². The molecule has 0 fully saturated rings. The van der Waals surface area contributed by atoms with Crippen LogP contribution in [0.1, 0.15) is 16.1 Å². The number of hydrogen-bond acceptors (Lipinski definition) is 5. The molecule has 0 saturated carbocycles. The normalized spacial score (nSPS) is 10.0. The summed E-state index contributed by atoms with van der Waals surface area (Å²) >= 11 is 0. The summed E-state index contributed by atoms with van der Waals surface area (Å²) in [7, 11) is 0. The number of hydrogen-bond donors (Lipinski definition) is 3. The Morgan fingerprint density at radius 1 is 1.15 bits per heavy atom. The molecule has 0 saturated heterocycles. The van der Waals surface area contributed by atoms with E-state index in [9.17, 15) is 9.59 Å². The number of nitrogens with one attached hydrogen (secondary N) is 2. The van der Waals surface area contributed by atoms with Gasteiger partial charge >= 0.3 is 0 Å². The third kappa shape index (κ3) is 3.84. The van der Waals surface area contributed by atoms with Gasteiger partial charge in [0.05, 0.1) is 13.1 Å². The molecule has 0 radical (unpaired) electrons. The standard InChI is InChI=1S/C13H14N4O3/c14-10-3-1-9(2-4-10)13(19)16-8-12(18)15-7-11-5-6-20-17-11/h1-6H,7-8,14H2,(H,15,18)(H,16,19). The first-order valence-electron chi connectivity index (χ1n) is 5.95. The average Bonchev–Trinajstić information content (AvgIpc) is 2.96. The zero-order valence-corrected chi connectivity index (χ0v) is 10.6. The van der Waals surface area contributed by atoms with E-state index in [-0.39, 0.29) is 24.9 Å². The van der Waals surface area contributed by atoms with Crippen LogP contribution in [0, 0.1) is 0 Å². The Kier molecular flexibility index (Phi) is 4.33. The van der Waals surface area contributed by atoms with Crippen LogP contribution in [0.5, 0.6) is 0 Å². The van der Waals surface area contributed by atoms with Gasteiger partial charge in [-0.2, -0.15) is 0 Å². The fourth-order valence-corrected chi connectivity index (χ4v) is 1.48. The van der Waals surface area contributed by atoms with E-state index in [1.165, 1.54) is 6.26 Å². The number of amides is 2. The number of benzene rings is 1. The second-order valence-corrected chi connectivity index (χ2v) is 4.07. The van der Waals surface area contributed by atoms with Crippen molar-refractivity contribution in [3.8, 4) is 0 Å². The summed E-state index contributed by atoms with van der Waals surface area (Å²) in [5.74, 6) is -0.640. The van der Waals surface area contributed by atoms with Crippen molar-refractivity contribution < 1.29 is 14.1 Å². The minimum atomic E-state index is -0.332. The molecule has 1 aromatic heterocycles.